The summed E-state index contributed by atoms with van der Waals surface area (Å²) in [5.41, 5.74) is 0.229. The lowest BCUT2D eigenvalue weighted by molar-refractivity contribution is 0.0668. The van der Waals surface area contributed by atoms with Gasteiger partial charge in [0.1, 0.15) is 0 Å². The summed E-state index contributed by atoms with van der Waals surface area (Å²) in [6.45, 7) is 4.40. The van der Waals surface area contributed by atoms with Crippen LogP contribution in [0.3, 0.4) is 0 Å². The summed E-state index contributed by atoms with van der Waals surface area (Å²) < 4.78 is 15.4. The third-order valence-corrected chi connectivity index (χ3v) is 5.42. The Balaban J connectivity index is 1.65. The van der Waals surface area contributed by atoms with Gasteiger partial charge in [-0.2, -0.15) is 0 Å². The van der Waals surface area contributed by atoms with Crippen molar-refractivity contribution < 1.29 is 18.8 Å². The Labute approximate surface area is 142 Å². The number of methoxy groups -OCH3 is 2. The number of amides is 1. The van der Waals surface area contributed by atoms with Crippen molar-refractivity contribution >= 4 is 5.91 Å². The Bertz CT molecular complexity index is 562. The molecule has 7 nitrogen and oxygen atoms in total. The van der Waals surface area contributed by atoms with Crippen molar-refractivity contribution in [2.24, 2.45) is 0 Å². The number of ether oxygens (including phenoxy) is 2. The molecule has 1 atom stereocenters. The Hall–Kier alpha value is -1.60. The third kappa shape index (κ3) is 3.42. The van der Waals surface area contributed by atoms with E-state index in [1.54, 1.807) is 13.2 Å². The molecule has 134 valence electrons. The van der Waals surface area contributed by atoms with Gasteiger partial charge in [-0.1, -0.05) is 0 Å². The van der Waals surface area contributed by atoms with Crippen LogP contribution in [-0.2, 0) is 4.74 Å². The summed E-state index contributed by atoms with van der Waals surface area (Å²) in [5.74, 6) is 0.501. The summed E-state index contributed by atoms with van der Waals surface area (Å²) in [7, 11) is 3.26. The first kappa shape index (κ1) is 17.2. The first-order valence-electron chi connectivity index (χ1n) is 8.72. The molecule has 0 N–H and O–H groups in total. The maximum atomic E-state index is 12.6. The van der Waals surface area contributed by atoms with Gasteiger partial charge in [0.05, 0.1) is 19.8 Å². The molecule has 0 aromatic carbocycles. The fraction of sp³-hybridized carbons (Fsp3) is 0.765. The van der Waals surface area contributed by atoms with Crippen LogP contribution < -0.4 is 4.74 Å². The molecule has 2 aliphatic rings. The zero-order valence-electron chi connectivity index (χ0n) is 14.6. The van der Waals surface area contributed by atoms with Crippen LogP contribution in [0.5, 0.6) is 5.88 Å². The molecule has 1 amide bonds. The fourth-order valence-electron chi connectivity index (χ4n) is 4.10. The molecule has 1 unspecified atom stereocenters. The molecule has 3 rings (SSSR count). The second-order valence-corrected chi connectivity index (χ2v) is 6.69. The molecule has 3 heterocycles. The molecular formula is C17H27N3O4. The van der Waals surface area contributed by atoms with Crippen molar-refractivity contribution in [3.63, 3.8) is 0 Å². The quantitative estimate of drug-likeness (QED) is 0.816. The van der Waals surface area contributed by atoms with Crippen molar-refractivity contribution in [1.82, 2.24) is 15.0 Å². The standard InChI is InChI=1S/C17H27N3O4/c1-22-12-11-20-9-4-6-17(20)5-3-8-19(10-7-17)16(21)14-13-15(23-2)18-24-14/h13H,3-12H2,1-2H3. The molecule has 0 saturated carbocycles. The van der Waals surface area contributed by atoms with Crippen LogP contribution in [0, 0.1) is 0 Å². The van der Waals surface area contributed by atoms with Crippen molar-refractivity contribution in [3.8, 4) is 5.88 Å². The monoisotopic (exact) mass is 337 g/mol. The van der Waals surface area contributed by atoms with E-state index in [1.165, 1.54) is 20.0 Å². The number of rotatable bonds is 5. The number of carbonyl (C=O) groups excluding carboxylic acids is 1. The van der Waals surface area contributed by atoms with E-state index in [9.17, 15) is 4.79 Å². The lowest BCUT2D eigenvalue weighted by Crippen LogP contribution is -2.46. The summed E-state index contributed by atoms with van der Waals surface area (Å²) in [6, 6.07) is 1.56. The third-order valence-electron chi connectivity index (χ3n) is 5.42. The minimum atomic E-state index is -0.0933. The molecule has 2 aliphatic heterocycles. The van der Waals surface area contributed by atoms with Crippen LogP contribution in [0.4, 0.5) is 0 Å². The van der Waals surface area contributed by atoms with E-state index < -0.39 is 0 Å². The highest BCUT2D eigenvalue weighted by molar-refractivity contribution is 5.91. The van der Waals surface area contributed by atoms with Crippen LogP contribution in [0.15, 0.2) is 10.6 Å². The molecule has 2 saturated heterocycles. The molecule has 0 radical (unpaired) electrons. The molecule has 0 bridgehead atoms. The summed E-state index contributed by atoms with van der Waals surface area (Å²) in [6.07, 6.45) is 5.61. The van der Waals surface area contributed by atoms with Gasteiger partial charge in [-0.05, 0) is 43.8 Å². The summed E-state index contributed by atoms with van der Waals surface area (Å²) in [4.78, 5) is 17.1. The number of aromatic nitrogens is 1. The van der Waals surface area contributed by atoms with E-state index in [0.717, 1.165) is 52.0 Å². The second kappa shape index (κ2) is 7.53. The fourth-order valence-corrected chi connectivity index (χ4v) is 4.10. The summed E-state index contributed by atoms with van der Waals surface area (Å²) >= 11 is 0. The molecule has 2 fully saturated rings. The van der Waals surface area contributed by atoms with E-state index in [1.807, 2.05) is 4.90 Å². The highest BCUT2D eigenvalue weighted by atomic mass is 16.5. The first-order chi connectivity index (χ1) is 11.7. The number of nitrogens with zero attached hydrogens (tertiary/aromatic N) is 3. The summed E-state index contributed by atoms with van der Waals surface area (Å²) in [5, 5.41) is 3.72. The molecule has 1 aromatic heterocycles. The normalized spacial score (nSPS) is 25.2. The van der Waals surface area contributed by atoms with E-state index in [2.05, 4.69) is 10.1 Å². The van der Waals surface area contributed by atoms with Gasteiger partial charge in [0.2, 0.25) is 5.76 Å². The van der Waals surface area contributed by atoms with Crippen LogP contribution >= 0.6 is 0 Å². The smallest absolute Gasteiger partial charge is 0.292 e. The Morgan fingerprint density at radius 3 is 2.75 bits per heavy atom. The average molecular weight is 337 g/mol. The average Bonchev–Trinajstić information content (AvgIpc) is 3.16. The van der Waals surface area contributed by atoms with Gasteiger partial charge < -0.3 is 18.9 Å². The van der Waals surface area contributed by atoms with Crippen LogP contribution in [0.2, 0.25) is 0 Å². The van der Waals surface area contributed by atoms with Crippen molar-refractivity contribution in [2.45, 2.75) is 37.6 Å². The van der Waals surface area contributed by atoms with E-state index in [0.29, 0.717) is 5.88 Å². The van der Waals surface area contributed by atoms with Gasteiger partial charge in [0, 0.05) is 32.3 Å². The van der Waals surface area contributed by atoms with E-state index >= 15 is 0 Å². The second-order valence-electron chi connectivity index (χ2n) is 6.69. The topological polar surface area (TPSA) is 68.0 Å². The number of hydrogen-bond donors (Lipinski definition) is 0. The Morgan fingerprint density at radius 2 is 2.04 bits per heavy atom. The number of hydrogen-bond acceptors (Lipinski definition) is 6. The van der Waals surface area contributed by atoms with Gasteiger partial charge in [0.15, 0.2) is 0 Å². The van der Waals surface area contributed by atoms with Crippen LogP contribution in [-0.4, -0.2) is 73.4 Å². The molecule has 7 heteroatoms. The molecule has 1 spiro atoms. The van der Waals surface area contributed by atoms with Crippen LogP contribution in [0.1, 0.15) is 42.7 Å². The Kier molecular flexibility index (Phi) is 5.40. The zero-order chi connectivity index (χ0) is 17.0. The van der Waals surface area contributed by atoms with Gasteiger partial charge in [0.25, 0.3) is 11.8 Å². The molecular weight excluding hydrogens is 310 g/mol. The molecule has 24 heavy (non-hydrogen) atoms. The zero-order valence-corrected chi connectivity index (χ0v) is 14.6. The van der Waals surface area contributed by atoms with Gasteiger partial charge in [-0.3, -0.25) is 9.69 Å². The maximum Gasteiger partial charge on any atom is 0.292 e. The predicted octanol–water partition coefficient (Wildman–Crippen LogP) is 1.79. The van der Waals surface area contributed by atoms with Gasteiger partial charge in [-0.25, -0.2) is 0 Å². The number of likely N-dealkylation sites (tertiary alicyclic amines) is 2. The minimum Gasteiger partial charge on any atom is -0.479 e. The highest BCUT2D eigenvalue weighted by Crippen LogP contribution is 2.38. The molecule has 0 aliphatic carbocycles. The first-order valence-corrected chi connectivity index (χ1v) is 8.72. The van der Waals surface area contributed by atoms with E-state index in [-0.39, 0.29) is 17.2 Å². The van der Waals surface area contributed by atoms with Crippen molar-refractivity contribution in [2.75, 3.05) is 47.0 Å². The lowest BCUT2D eigenvalue weighted by Gasteiger charge is -2.38. The van der Waals surface area contributed by atoms with Crippen molar-refractivity contribution in [1.29, 1.82) is 0 Å². The SMILES string of the molecule is COCCN1CCCC12CCCN(C(=O)c1cc(OC)no1)CC2. The van der Waals surface area contributed by atoms with E-state index in [4.69, 9.17) is 14.0 Å². The Morgan fingerprint density at radius 1 is 1.25 bits per heavy atom. The predicted molar refractivity (Wildman–Crippen MR) is 88.2 cm³/mol. The maximum absolute atomic E-state index is 12.6. The minimum absolute atomic E-state index is 0.0933. The largest absolute Gasteiger partial charge is 0.479 e. The van der Waals surface area contributed by atoms with Crippen molar-refractivity contribution in [3.05, 3.63) is 11.8 Å². The van der Waals surface area contributed by atoms with Crippen LogP contribution in [0.25, 0.3) is 0 Å². The highest BCUT2D eigenvalue weighted by Gasteiger charge is 2.42. The van der Waals surface area contributed by atoms with Gasteiger partial charge in [-0.15, -0.1) is 0 Å². The molecule has 1 aromatic rings. The lowest BCUT2D eigenvalue weighted by atomic mass is 9.88. The number of carbonyl (C=O) groups is 1. The van der Waals surface area contributed by atoms with Gasteiger partial charge >= 0.3 is 0 Å².